The first-order valence-electron chi connectivity index (χ1n) is 8.76. The van der Waals surface area contributed by atoms with Gasteiger partial charge in [0, 0.05) is 22.0 Å². The fraction of sp³-hybridized carbons (Fsp3) is 0.0952. The van der Waals surface area contributed by atoms with Crippen LogP contribution in [-0.4, -0.2) is 22.6 Å². The Balaban J connectivity index is 1.84. The fourth-order valence-corrected chi connectivity index (χ4v) is 3.43. The molecule has 0 saturated carbocycles. The lowest BCUT2D eigenvalue weighted by Crippen LogP contribution is -2.30. The van der Waals surface area contributed by atoms with E-state index in [0.29, 0.717) is 22.4 Å². The minimum Gasteiger partial charge on any atom is -0.353 e. The number of halogens is 5. The van der Waals surface area contributed by atoms with Crippen molar-refractivity contribution >= 4 is 33.1 Å². The third-order valence-electron chi connectivity index (χ3n) is 4.60. The van der Waals surface area contributed by atoms with Gasteiger partial charge in [-0.1, -0.05) is 52.3 Å². The number of rotatable bonds is 3. The molecule has 1 aromatic heterocycles. The monoisotopic (exact) mass is 477 g/mol. The van der Waals surface area contributed by atoms with Crippen molar-refractivity contribution in [2.45, 2.75) is 12.6 Å². The summed E-state index contributed by atoms with van der Waals surface area (Å²) in [6, 6.07) is 14.1. The minimum absolute atomic E-state index is 0.0867. The first-order chi connectivity index (χ1) is 14.3. The van der Waals surface area contributed by atoms with Gasteiger partial charge in [-0.2, -0.15) is 22.5 Å². The average molecular weight is 478 g/mol. The summed E-state index contributed by atoms with van der Waals surface area (Å²) in [5.74, 6) is -7.63. The van der Waals surface area contributed by atoms with Gasteiger partial charge in [-0.05, 0) is 17.7 Å². The lowest BCUT2D eigenvalue weighted by molar-refractivity contribution is -0.118. The van der Waals surface area contributed by atoms with Crippen LogP contribution in [0.1, 0.15) is 16.7 Å². The smallest absolute Gasteiger partial charge is 0.253 e. The Morgan fingerprint density at radius 1 is 0.933 bits per heavy atom. The van der Waals surface area contributed by atoms with Crippen LogP contribution in [0.15, 0.2) is 58.0 Å². The molecule has 0 amide bonds. The zero-order chi connectivity index (χ0) is 21.4. The highest BCUT2D eigenvalue weighted by molar-refractivity contribution is 9.10. The van der Waals surface area contributed by atoms with Crippen molar-refractivity contribution in [3.8, 4) is 0 Å². The summed E-state index contributed by atoms with van der Waals surface area (Å²) in [4.78, 5) is 19.7. The number of anilines is 1. The summed E-state index contributed by atoms with van der Waals surface area (Å²) in [5, 5.41) is 2.22. The zero-order valence-electron chi connectivity index (χ0n) is 15.1. The van der Waals surface area contributed by atoms with Crippen LogP contribution >= 0.6 is 15.9 Å². The Morgan fingerprint density at radius 2 is 1.57 bits per heavy atom. The number of fused-ring (bicyclic) bond motifs is 1. The molecule has 1 aliphatic heterocycles. The maximum atomic E-state index is 14.1. The topological polar surface area (TPSA) is 54.4 Å². The number of benzene rings is 2. The van der Waals surface area contributed by atoms with Crippen molar-refractivity contribution in [1.82, 2.24) is 4.98 Å². The normalized spacial score (nSPS) is 16.0. The lowest BCUT2D eigenvalue weighted by atomic mass is 9.96. The highest BCUT2D eigenvalue weighted by Crippen LogP contribution is 2.27. The van der Waals surface area contributed by atoms with Crippen molar-refractivity contribution in [1.29, 1.82) is 0 Å². The molecule has 0 fully saturated rings. The van der Waals surface area contributed by atoms with E-state index in [4.69, 9.17) is 0 Å². The van der Waals surface area contributed by atoms with E-state index in [2.05, 4.69) is 31.2 Å². The number of hydrogen-bond acceptors (Lipinski definition) is 4. The van der Waals surface area contributed by atoms with E-state index in [1.807, 2.05) is 0 Å². The van der Waals surface area contributed by atoms with Crippen molar-refractivity contribution in [3.63, 3.8) is 0 Å². The molecule has 3 aromatic rings. The van der Waals surface area contributed by atoms with Gasteiger partial charge in [0.25, 0.3) is 11.9 Å². The summed E-state index contributed by atoms with van der Waals surface area (Å²) in [5.41, 5.74) is 1.26. The Kier molecular flexibility index (Phi) is 5.38. The Hall–Kier alpha value is -3.07. The molecule has 0 radical (unpaired) electrons. The predicted octanol–water partition coefficient (Wildman–Crippen LogP) is 4.80. The lowest BCUT2D eigenvalue weighted by Gasteiger charge is -2.16. The molecule has 0 aliphatic carbocycles. The largest absolute Gasteiger partial charge is 0.353 e. The summed E-state index contributed by atoms with van der Waals surface area (Å²) < 4.78 is 56.0. The second-order valence-corrected chi connectivity index (χ2v) is 7.44. The van der Waals surface area contributed by atoms with Crippen LogP contribution in [0.25, 0.3) is 0 Å². The van der Waals surface area contributed by atoms with E-state index < -0.39 is 41.2 Å². The number of pyridine rings is 1. The molecule has 2 heterocycles. The highest BCUT2D eigenvalue weighted by Gasteiger charge is 2.29. The highest BCUT2D eigenvalue weighted by atomic mass is 79.9. The van der Waals surface area contributed by atoms with Crippen molar-refractivity contribution in [2.75, 3.05) is 5.32 Å². The molecule has 4 rings (SSSR count). The van der Waals surface area contributed by atoms with Crippen molar-refractivity contribution in [2.24, 2.45) is 4.99 Å². The Labute approximate surface area is 176 Å². The quantitative estimate of drug-likeness (QED) is 0.435. The summed E-state index contributed by atoms with van der Waals surface area (Å²) in [6.07, 6.45) is -1.56. The molecule has 1 N–H and O–H groups in total. The second kappa shape index (κ2) is 7.98. The van der Waals surface area contributed by atoms with Gasteiger partial charge in [0.15, 0.2) is 11.9 Å². The molecule has 1 atom stereocenters. The molecule has 0 saturated heterocycles. The maximum absolute atomic E-state index is 14.1. The van der Waals surface area contributed by atoms with E-state index in [0.717, 1.165) is 4.47 Å². The molecule has 0 spiro atoms. The number of nitrogens with zero attached hydrogens (tertiary/aromatic N) is 2. The molecule has 2 aromatic carbocycles. The van der Waals surface area contributed by atoms with Crippen LogP contribution in [0.4, 0.5) is 23.2 Å². The van der Waals surface area contributed by atoms with Crippen LogP contribution in [0, 0.1) is 23.5 Å². The van der Waals surface area contributed by atoms with E-state index in [9.17, 15) is 22.4 Å². The third kappa shape index (κ3) is 3.72. The Bertz CT molecular complexity index is 1160. The molecule has 0 bridgehead atoms. The number of hydrogen-bond donors (Lipinski definition) is 1. The van der Waals surface area contributed by atoms with Crippen LogP contribution in [-0.2, 0) is 11.2 Å². The minimum atomic E-state index is -1.82. The van der Waals surface area contributed by atoms with Gasteiger partial charge in [0.1, 0.15) is 5.69 Å². The number of ketones is 1. The molecule has 1 aliphatic rings. The van der Waals surface area contributed by atoms with Crippen LogP contribution in [0.2, 0.25) is 0 Å². The predicted molar refractivity (Wildman–Crippen MR) is 106 cm³/mol. The van der Waals surface area contributed by atoms with E-state index in [1.165, 1.54) is 0 Å². The molecule has 30 heavy (non-hydrogen) atoms. The molecule has 9 heteroatoms. The van der Waals surface area contributed by atoms with Gasteiger partial charge < -0.3 is 5.32 Å². The standard InChI is InChI=1S/C21H12BrF4N3O/c22-12-7-5-10(6-8-12)17-13-4-2-1-3-11(13)9-14(30)21(27-17)28-18-15(23)19(25)29-20(26)16(18)24/h1-8,21H,9H2,(H,28,29). The maximum Gasteiger partial charge on any atom is 0.253 e. The van der Waals surface area contributed by atoms with Crippen LogP contribution < -0.4 is 5.32 Å². The van der Waals surface area contributed by atoms with Gasteiger partial charge in [-0.25, -0.2) is 0 Å². The summed E-state index contributed by atoms with van der Waals surface area (Å²) in [6.45, 7) is 0. The number of Topliss-reactive ketones (excluding diaryl/α,β-unsaturated/α-hetero) is 1. The number of aliphatic imine (C=N–C) groups is 1. The van der Waals surface area contributed by atoms with E-state index in [1.54, 1.807) is 48.5 Å². The van der Waals surface area contributed by atoms with Crippen LogP contribution in [0.5, 0.6) is 0 Å². The van der Waals surface area contributed by atoms with Crippen molar-refractivity contribution < 1.29 is 22.4 Å². The molecule has 152 valence electrons. The second-order valence-electron chi connectivity index (χ2n) is 6.53. The number of aromatic nitrogens is 1. The summed E-state index contributed by atoms with van der Waals surface area (Å²) in [7, 11) is 0. The molecule has 4 nitrogen and oxygen atoms in total. The summed E-state index contributed by atoms with van der Waals surface area (Å²) >= 11 is 3.35. The van der Waals surface area contributed by atoms with Gasteiger partial charge in [-0.15, -0.1) is 0 Å². The number of nitrogens with one attached hydrogen (secondary N) is 1. The van der Waals surface area contributed by atoms with Gasteiger partial charge in [-0.3, -0.25) is 9.79 Å². The Morgan fingerprint density at radius 3 is 2.23 bits per heavy atom. The SMILES string of the molecule is O=C1Cc2ccccc2C(c2ccc(Br)cc2)=NC1Nc1c(F)c(F)nc(F)c1F. The number of carbonyl (C=O) groups is 1. The van der Waals surface area contributed by atoms with Gasteiger partial charge in [0.05, 0.1) is 5.71 Å². The first-order valence-corrected chi connectivity index (χ1v) is 9.55. The third-order valence-corrected chi connectivity index (χ3v) is 5.13. The molecular weight excluding hydrogens is 466 g/mol. The van der Waals surface area contributed by atoms with Crippen molar-refractivity contribution in [3.05, 3.63) is 93.2 Å². The first kappa shape index (κ1) is 20.2. The van der Waals surface area contributed by atoms with E-state index >= 15 is 0 Å². The fourth-order valence-electron chi connectivity index (χ4n) is 3.16. The van der Waals surface area contributed by atoms with Gasteiger partial charge >= 0.3 is 0 Å². The van der Waals surface area contributed by atoms with Crippen LogP contribution in [0.3, 0.4) is 0 Å². The van der Waals surface area contributed by atoms with Gasteiger partial charge in [0.2, 0.25) is 11.6 Å². The molecular formula is C21H12BrF4N3O. The average Bonchev–Trinajstić information content (AvgIpc) is 2.86. The zero-order valence-corrected chi connectivity index (χ0v) is 16.7. The van der Waals surface area contributed by atoms with E-state index in [-0.39, 0.29) is 6.42 Å². The molecule has 1 unspecified atom stereocenters. The number of carbonyl (C=O) groups excluding carboxylic acids is 1.